The Morgan fingerprint density at radius 1 is 0.894 bits per heavy atom. The summed E-state index contributed by atoms with van der Waals surface area (Å²) in [6.07, 6.45) is -9.61. The van der Waals surface area contributed by atoms with Gasteiger partial charge in [-0.1, -0.05) is 12.1 Å². The molecule has 2 aromatic rings. The number of hydrogen-bond donors (Lipinski definition) is 1. The number of anilines is 1. The molecular formula is C31H34ClF7N4O4. The molecule has 47 heavy (non-hydrogen) atoms. The van der Waals surface area contributed by atoms with E-state index in [0.29, 0.717) is 48.3 Å². The van der Waals surface area contributed by atoms with E-state index in [1.54, 1.807) is 4.90 Å². The van der Waals surface area contributed by atoms with Crippen LogP contribution in [-0.4, -0.2) is 89.5 Å². The largest absolute Gasteiger partial charge is 0.465 e. The van der Waals surface area contributed by atoms with E-state index in [2.05, 4.69) is 0 Å². The van der Waals surface area contributed by atoms with Crippen LogP contribution >= 0.6 is 11.6 Å². The first-order chi connectivity index (χ1) is 21.9. The van der Waals surface area contributed by atoms with Gasteiger partial charge in [0.1, 0.15) is 5.82 Å². The highest BCUT2D eigenvalue weighted by Gasteiger charge is 2.44. The summed E-state index contributed by atoms with van der Waals surface area (Å²) in [7, 11) is 2.40. The highest BCUT2D eigenvalue weighted by Crippen LogP contribution is 2.39. The van der Waals surface area contributed by atoms with Gasteiger partial charge in [-0.05, 0) is 61.6 Å². The van der Waals surface area contributed by atoms with Crippen molar-refractivity contribution in [1.29, 1.82) is 0 Å². The molecule has 1 saturated carbocycles. The van der Waals surface area contributed by atoms with Crippen LogP contribution in [0.1, 0.15) is 48.3 Å². The zero-order valence-electron chi connectivity index (χ0n) is 25.5. The summed E-state index contributed by atoms with van der Waals surface area (Å²) in [4.78, 5) is 43.7. The van der Waals surface area contributed by atoms with E-state index < -0.39 is 65.0 Å². The van der Waals surface area contributed by atoms with Crippen LogP contribution in [0, 0.1) is 11.7 Å². The van der Waals surface area contributed by atoms with Gasteiger partial charge in [0.05, 0.1) is 17.2 Å². The third kappa shape index (κ3) is 8.22. The molecule has 16 heteroatoms. The molecule has 4 amide bonds. The van der Waals surface area contributed by atoms with Crippen LogP contribution in [0.2, 0.25) is 0 Å². The normalized spacial score (nSPS) is 21.8. The molecule has 0 spiro atoms. The van der Waals surface area contributed by atoms with E-state index in [9.17, 15) is 50.2 Å². The van der Waals surface area contributed by atoms with E-state index in [0.717, 1.165) is 7.05 Å². The van der Waals surface area contributed by atoms with Crippen molar-refractivity contribution in [3.63, 3.8) is 0 Å². The second-order valence-corrected chi connectivity index (χ2v) is 12.2. The molecule has 1 heterocycles. The Balaban J connectivity index is 1.57. The minimum Gasteiger partial charge on any atom is -0.465 e. The van der Waals surface area contributed by atoms with Crippen molar-refractivity contribution in [2.75, 3.05) is 44.5 Å². The van der Waals surface area contributed by atoms with Gasteiger partial charge in [0.25, 0.3) is 0 Å². The number of likely N-dealkylation sites (N-methyl/N-ethyl adjacent to an activating group) is 1. The van der Waals surface area contributed by atoms with Crippen molar-refractivity contribution in [3.05, 3.63) is 65.0 Å². The zero-order chi connectivity index (χ0) is 34.8. The number of benzene rings is 2. The molecule has 2 fully saturated rings. The maximum Gasteiger partial charge on any atom is 0.416 e. The lowest BCUT2D eigenvalue weighted by Gasteiger charge is -2.36. The summed E-state index contributed by atoms with van der Waals surface area (Å²) in [5.74, 6) is -1.60. The topological polar surface area (TPSA) is 84.4 Å². The zero-order valence-corrected chi connectivity index (χ0v) is 26.2. The molecule has 8 nitrogen and oxygen atoms in total. The minimum atomic E-state index is -5.11. The van der Waals surface area contributed by atoms with E-state index in [4.69, 9.17) is 11.6 Å². The van der Waals surface area contributed by atoms with Crippen LogP contribution in [0.5, 0.6) is 0 Å². The van der Waals surface area contributed by atoms with E-state index in [1.165, 1.54) is 41.1 Å². The van der Waals surface area contributed by atoms with Crippen molar-refractivity contribution in [2.24, 2.45) is 5.92 Å². The van der Waals surface area contributed by atoms with Gasteiger partial charge < -0.3 is 19.8 Å². The third-order valence-electron chi connectivity index (χ3n) is 9.00. The van der Waals surface area contributed by atoms with Crippen LogP contribution in [0.3, 0.4) is 0 Å². The SMILES string of the molecule is CN(C(=O)N(C)[C@@H]1CN(C(=O)C2CCC(N(CCCl)C(=O)O)CC2)C[C@H]1c1ccc(F)cc1)c1cc(C(F)(F)F)cc(C(F)(F)F)c1. The Bertz CT molecular complexity index is 1420. The lowest BCUT2D eigenvalue weighted by Crippen LogP contribution is -2.48. The monoisotopic (exact) mass is 694 g/mol. The fraction of sp³-hybridized carbons (Fsp3) is 0.516. The third-order valence-corrected chi connectivity index (χ3v) is 9.17. The Morgan fingerprint density at radius 3 is 1.94 bits per heavy atom. The minimum absolute atomic E-state index is 0.000770. The molecule has 2 aliphatic rings. The van der Waals surface area contributed by atoms with Crippen LogP contribution in [-0.2, 0) is 17.1 Å². The molecule has 0 unspecified atom stereocenters. The fourth-order valence-electron chi connectivity index (χ4n) is 6.44. The van der Waals surface area contributed by atoms with Crippen LogP contribution in [0.15, 0.2) is 42.5 Å². The number of amides is 4. The molecule has 258 valence electrons. The van der Waals surface area contributed by atoms with E-state index >= 15 is 0 Å². The number of nitrogens with zero attached hydrogens (tertiary/aromatic N) is 4. The van der Waals surface area contributed by atoms with Crippen LogP contribution in [0.4, 0.5) is 46.0 Å². The molecule has 1 aliphatic heterocycles. The quantitative estimate of drug-likeness (QED) is 0.247. The molecule has 2 atom stereocenters. The molecule has 4 rings (SSSR count). The Kier molecular flexibility index (Phi) is 10.9. The fourth-order valence-corrected chi connectivity index (χ4v) is 6.62. The first-order valence-electron chi connectivity index (χ1n) is 14.8. The van der Waals surface area contributed by atoms with Crippen molar-refractivity contribution >= 4 is 35.3 Å². The molecule has 0 radical (unpaired) electrons. The maximum atomic E-state index is 13.8. The van der Waals surface area contributed by atoms with Crippen LogP contribution in [0.25, 0.3) is 0 Å². The first-order valence-corrected chi connectivity index (χ1v) is 15.4. The number of rotatable bonds is 7. The average molecular weight is 695 g/mol. The standard InChI is InChI=1S/C31H34ClF7N4O4/c1-40(24-14-20(30(34,35)36)13-21(15-24)31(37,38)39)28(45)41(2)26-17-42(16-25(26)18-3-7-22(33)8-4-18)27(44)19-5-9-23(10-6-19)43(12-11-32)29(46)47/h3-4,7-8,13-15,19,23,25-26H,5-6,9-12,16-17H2,1-2H3,(H,46,47)/t19?,23?,25-,26+/m0/s1. The molecular weight excluding hydrogens is 661 g/mol. The van der Waals surface area contributed by atoms with Gasteiger partial charge in [-0.25, -0.2) is 14.0 Å². The second-order valence-electron chi connectivity index (χ2n) is 11.9. The Labute approximate surface area is 271 Å². The number of alkyl halides is 7. The number of halogens is 8. The smallest absolute Gasteiger partial charge is 0.416 e. The number of carbonyl (C=O) groups excluding carboxylic acids is 2. The maximum absolute atomic E-state index is 13.8. The van der Waals surface area contributed by atoms with Crippen molar-refractivity contribution in [2.45, 2.75) is 56.0 Å². The molecule has 0 bridgehead atoms. The van der Waals surface area contributed by atoms with Crippen molar-refractivity contribution in [3.8, 4) is 0 Å². The number of urea groups is 1. The molecule has 1 aliphatic carbocycles. The molecule has 2 aromatic carbocycles. The predicted molar refractivity (Wildman–Crippen MR) is 159 cm³/mol. The highest BCUT2D eigenvalue weighted by molar-refractivity contribution is 6.18. The number of hydrogen-bond acceptors (Lipinski definition) is 3. The second kappa shape index (κ2) is 14.2. The van der Waals surface area contributed by atoms with E-state index in [1.807, 2.05) is 0 Å². The highest BCUT2D eigenvalue weighted by atomic mass is 35.5. The summed E-state index contributed by atoms with van der Waals surface area (Å²) in [6.45, 7) is 0.270. The lowest BCUT2D eigenvalue weighted by molar-refractivity contribution is -0.143. The van der Waals surface area contributed by atoms with Gasteiger partial charge in [0, 0.05) is 63.2 Å². The first kappa shape index (κ1) is 36.1. The van der Waals surface area contributed by atoms with Gasteiger partial charge in [-0.15, -0.1) is 11.6 Å². The summed E-state index contributed by atoms with van der Waals surface area (Å²) >= 11 is 5.76. The van der Waals surface area contributed by atoms with Gasteiger partial charge in [0.2, 0.25) is 5.91 Å². The van der Waals surface area contributed by atoms with Gasteiger partial charge in [-0.2, -0.15) is 26.3 Å². The summed E-state index contributed by atoms with van der Waals surface area (Å²) < 4.78 is 94.8. The van der Waals surface area contributed by atoms with Gasteiger partial charge >= 0.3 is 24.5 Å². The number of likely N-dealkylation sites (tertiary alicyclic amines) is 1. The average Bonchev–Trinajstić information content (AvgIpc) is 3.47. The Morgan fingerprint density at radius 2 is 1.45 bits per heavy atom. The van der Waals surface area contributed by atoms with Crippen LogP contribution < -0.4 is 4.90 Å². The number of carboxylic acid groups (broad SMARTS) is 1. The van der Waals surface area contributed by atoms with Gasteiger partial charge in [-0.3, -0.25) is 9.69 Å². The predicted octanol–water partition coefficient (Wildman–Crippen LogP) is 7.12. The van der Waals surface area contributed by atoms with Gasteiger partial charge in [0.15, 0.2) is 0 Å². The summed E-state index contributed by atoms with van der Waals surface area (Å²) in [6, 6.07) is 4.32. The summed E-state index contributed by atoms with van der Waals surface area (Å²) in [5, 5.41) is 9.53. The Hall–Kier alpha value is -3.75. The lowest BCUT2D eigenvalue weighted by atomic mass is 9.84. The molecule has 0 aromatic heterocycles. The van der Waals surface area contributed by atoms with E-state index in [-0.39, 0.29) is 43.5 Å². The molecule has 1 N–H and O–H groups in total. The summed E-state index contributed by atoms with van der Waals surface area (Å²) in [5.41, 5.74) is -3.20. The number of carbonyl (C=O) groups is 3. The van der Waals surface area contributed by atoms with Crippen molar-refractivity contribution in [1.82, 2.24) is 14.7 Å². The molecule has 1 saturated heterocycles. The van der Waals surface area contributed by atoms with Crippen molar-refractivity contribution < 1.29 is 50.2 Å².